The molecule has 1 amide bonds. The normalized spacial score (nSPS) is 15.9. The number of carbonyl (C=O) groups is 1. The van der Waals surface area contributed by atoms with E-state index in [1.807, 2.05) is 4.90 Å². The summed E-state index contributed by atoms with van der Waals surface area (Å²) in [5.74, 6) is 1.20. The molecule has 0 spiro atoms. The highest BCUT2D eigenvalue weighted by Gasteiger charge is 2.22. The first kappa shape index (κ1) is 15.6. The highest BCUT2D eigenvalue weighted by molar-refractivity contribution is 5.95. The Bertz CT molecular complexity index is 462. The van der Waals surface area contributed by atoms with E-state index in [9.17, 15) is 4.79 Å². The second kappa shape index (κ2) is 7.28. The van der Waals surface area contributed by atoms with Crippen molar-refractivity contribution in [2.75, 3.05) is 53.6 Å². The molecule has 1 aromatic carbocycles. The van der Waals surface area contributed by atoms with Crippen molar-refractivity contribution >= 4 is 5.91 Å². The number of aliphatic hydroxyl groups is 1. The monoisotopic (exact) mass is 294 g/mol. The van der Waals surface area contributed by atoms with Crippen LogP contribution in [0, 0.1) is 0 Å². The fourth-order valence-corrected chi connectivity index (χ4v) is 2.43. The molecule has 1 N–H and O–H groups in total. The van der Waals surface area contributed by atoms with Crippen LogP contribution < -0.4 is 9.47 Å². The van der Waals surface area contributed by atoms with Crippen molar-refractivity contribution in [3.8, 4) is 11.5 Å². The number of methoxy groups -OCH3 is 2. The molecule has 6 heteroatoms. The van der Waals surface area contributed by atoms with Gasteiger partial charge < -0.3 is 19.5 Å². The lowest BCUT2D eigenvalue weighted by Crippen LogP contribution is -2.49. The predicted molar refractivity (Wildman–Crippen MR) is 79.0 cm³/mol. The Balaban J connectivity index is 2.06. The lowest BCUT2D eigenvalue weighted by Gasteiger charge is -2.34. The Morgan fingerprint density at radius 3 is 2.14 bits per heavy atom. The second-order valence-electron chi connectivity index (χ2n) is 4.96. The fraction of sp³-hybridized carbons (Fsp3) is 0.533. The van der Waals surface area contributed by atoms with Gasteiger partial charge in [0, 0.05) is 44.4 Å². The molecule has 0 bridgehead atoms. The lowest BCUT2D eigenvalue weighted by atomic mass is 10.1. The summed E-state index contributed by atoms with van der Waals surface area (Å²) in [6, 6.07) is 5.20. The predicted octanol–water partition coefficient (Wildman–Crippen LogP) is 0.454. The van der Waals surface area contributed by atoms with Crippen molar-refractivity contribution in [1.82, 2.24) is 9.80 Å². The van der Waals surface area contributed by atoms with E-state index in [2.05, 4.69) is 4.90 Å². The van der Waals surface area contributed by atoms with Crippen LogP contribution in [0.2, 0.25) is 0 Å². The van der Waals surface area contributed by atoms with Crippen molar-refractivity contribution in [3.63, 3.8) is 0 Å². The van der Waals surface area contributed by atoms with Gasteiger partial charge >= 0.3 is 0 Å². The average molecular weight is 294 g/mol. The molecule has 1 aliphatic heterocycles. The van der Waals surface area contributed by atoms with E-state index in [-0.39, 0.29) is 12.5 Å². The number of ether oxygens (including phenoxy) is 2. The number of rotatable bonds is 5. The minimum absolute atomic E-state index is 0.0177. The highest BCUT2D eigenvalue weighted by Crippen LogP contribution is 2.23. The third kappa shape index (κ3) is 3.86. The number of hydrogen-bond acceptors (Lipinski definition) is 5. The molecule has 1 heterocycles. The van der Waals surface area contributed by atoms with Gasteiger partial charge in [-0.3, -0.25) is 9.69 Å². The van der Waals surface area contributed by atoms with Crippen LogP contribution in [0.25, 0.3) is 0 Å². The molecular weight excluding hydrogens is 272 g/mol. The molecule has 1 aliphatic rings. The molecule has 2 rings (SSSR count). The first-order valence-corrected chi connectivity index (χ1v) is 7.03. The van der Waals surface area contributed by atoms with E-state index in [4.69, 9.17) is 14.6 Å². The number of piperazine rings is 1. The van der Waals surface area contributed by atoms with Gasteiger partial charge in [0.25, 0.3) is 5.91 Å². The molecule has 0 unspecified atom stereocenters. The standard InChI is InChI=1S/C15H22N2O4/c1-20-13-9-12(10-14(11-13)21-2)15(19)17-5-3-16(4-6-17)7-8-18/h9-11,18H,3-8H2,1-2H3. The number of hydrogen-bond donors (Lipinski definition) is 1. The number of benzene rings is 1. The van der Waals surface area contributed by atoms with Crippen LogP contribution >= 0.6 is 0 Å². The number of nitrogens with zero attached hydrogens (tertiary/aromatic N) is 2. The largest absolute Gasteiger partial charge is 0.497 e. The van der Waals surface area contributed by atoms with Gasteiger partial charge in [-0.05, 0) is 12.1 Å². The Morgan fingerprint density at radius 2 is 1.67 bits per heavy atom. The number of β-amino-alcohol motifs (C(OH)–C–C–N with tert-alkyl or cyclic N) is 1. The van der Waals surface area contributed by atoms with Gasteiger partial charge in [0.1, 0.15) is 11.5 Å². The lowest BCUT2D eigenvalue weighted by molar-refractivity contribution is 0.0614. The molecule has 0 radical (unpaired) electrons. The van der Waals surface area contributed by atoms with Gasteiger partial charge in [0.15, 0.2) is 0 Å². The Morgan fingerprint density at radius 1 is 1.10 bits per heavy atom. The topological polar surface area (TPSA) is 62.2 Å². The summed E-state index contributed by atoms with van der Waals surface area (Å²) in [5, 5.41) is 8.94. The molecule has 116 valence electrons. The quantitative estimate of drug-likeness (QED) is 0.854. The maximum atomic E-state index is 12.5. The van der Waals surface area contributed by atoms with Gasteiger partial charge in [0.2, 0.25) is 0 Å². The summed E-state index contributed by atoms with van der Waals surface area (Å²) in [4.78, 5) is 16.5. The first-order chi connectivity index (χ1) is 10.2. The molecule has 1 saturated heterocycles. The molecule has 1 aromatic rings. The van der Waals surface area contributed by atoms with E-state index in [1.54, 1.807) is 32.4 Å². The minimum Gasteiger partial charge on any atom is -0.497 e. The van der Waals surface area contributed by atoms with E-state index < -0.39 is 0 Å². The van der Waals surface area contributed by atoms with Gasteiger partial charge in [-0.2, -0.15) is 0 Å². The van der Waals surface area contributed by atoms with Crippen molar-refractivity contribution < 1.29 is 19.4 Å². The Labute approximate surface area is 124 Å². The molecule has 0 aliphatic carbocycles. The summed E-state index contributed by atoms with van der Waals surface area (Å²) < 4.78 is 10.4. The first-order valence-electron chi connectivity index (χ1n) is 7.03. The minimum atomic E-state index is -0.0177. The zero-order chi connectivity index (χ0) is 15.2. The average Bonchev–Trinajstić information content (AvgIpc) is 2.54. The van der Waals surface area contributed by atoms with Crippen LogP contribution in [-0.2, 0) is 0 Å². The smallest absolute Gasteiger partial charge is 0.254 e. The molecule has 0 aromatic heterocycles. The molecule has 0 atom stereocenters. The van der Waals surface area contributed by atoms with E-state index >= 15 is 0 Å². The number of aliphatic hydroxyl groups excluding tert-OH is 1. The molecular formula is C15H22N2O4. The van der Waals surface area contributed by atoms with E-state index in [0.29, 0.717) is 36.7 Å². The van der Waals surface area contributed by atoms with Crippen LogP contribution in [0.5, 0.6) is 11.5 Å². The van der Waals surface area contributed by atoms with E-state index in [1.165, 1.54) is 0 Å². The van der Waals surface area contributed by atoms with E-state index in [0.717, 1.165) is 13.1 Å². The zero-order valence-corrected chi connectivity index (χ0v) is 12.5. The van der Waals surface area contributed by atoms with Gasteiger partial charge in [0.05, 0.1) is 20.8 Å². The van der Waals surface area contributed by atoms with Crippen LogP contribution in [0.15, 0.2) is 18.2 Å². The maximum Gasteiger partial charge on any atom is 0.254 e. The van der Waals surface area contributed by atoms with Crippen LogP contribution in [0.4, 0.5) is 0 Å². The summed E-state index contributed by atoms with van der Waals surface area (Å²) >= 11 is 0. The van der Waals surface area contributed by atoms with Gasteiger partial charge in [-0.15, -0.1) is 0 Å². The van der Waals surface area contributed by atoms with Crippen LogP contribution in [-0.4, -0.2) is 74.4 Å². The van der Waals surface area contributed by atoms with Gasteiger partial charge in [-0.1, -0.05) is 0 Å². The highest BCUT2D eigenvalue weighted by atomic mass is 16.5. The maximum absolute atomic E-state index is 12.5. The molecule has 6 nitrogen and oxygen atoms in total. The SMILES string of the molecule is COc1cc(OC)cc(C(=O)N2CCN(CCO)CC2)c1. The van der Waals surface area contributed by atoms with Crippen molar-refractivity contribution in [1.29, 1.82) is 0 Å². The molecule has 0 saturated carbocycles. The summed E-state index contributed by atoms with van der Waals surface area (Å²) in [7, 11) is 3.13. The van der Waals surface area contributed by atoms with Crippen molar-refractivity contribution in [2.24, 2.45) is 0 Å². The third-order valence-electron chi connectivity index (χ3n) is 3.67. The Kier molecular flexibility index (Phi) is 5.41. The van der Waals surface area contributed by atoms with Crippen LogP contribution in [0.3, 0.4) is 0 Å². The summed E-state index contributed by atoms with van der Waals surface area (Å²) in [5.41, 5.74) is 0.571. The van der Waals surface area contributed by atoms with Crippen molar-refractivity contribution in [3.05, 3.63) is 23.8 Å². The Hall–Kier alpha value is -1.79. The molecule has 1 fully saturated rings. The number of amides is 1. The molecule has 21 heavy (non-hydrogen) atoms. The number of carbonyl (C=O) groups excluding carboxylic acids is 1. The van der Waals surface area contributed by atoms with Crippen LogP contribution in [0.1, 0.15) is 10.4 Å². The third-order valence-corrected chi connectivity index (χ3v) is 3.67. The zero-order valence-electron chi connectivity index (χ0n) is 12.5. The van der Waals surface area contributed by atoms with Crippen molar-refractivity contribution in [2.45, 2.75) is 0 Å². The second-order valence-corrected chi connectivity index (χ2v) is 4.96. The fourth-order valence-electron chi connectivity index (χ4n) is 2.43. The van der Waals surface area contributed by atoms with Gasteiger partial charge in [-0.25, -0.2) is 0 Å². The summed E-state index contributed by atoms with van der Waals surface area (Å²) in [6.07, 6.45) is 0. The summed E-state index contributed by atoms with van der Waals surface area (Å²) in [6.45, 7) is 3.72.